The van der Waals surface area contributed by atoms with Gasteiger partial charge in [-0.2, -0.15) is 0 Å². The van der Waals surface area contributed by atoms with Crippen LogP contribution in [-0.2, 0) is 14.8 Å². The molecule has 0 spiro atoms. The van der Waals surface area contributed by atoms with E-state index in [-0.39, 0.29) is 18.6 Å². The van der Waals surface area contributed by atoms with Gasteiger partial charge in [-0.05, 0) is 57.4 Å². The van der Waals surface area contributed by atoms with Crippen LogP contribution in [0.15, 0.2) is 65.1 Å². The Morgan fingerprint density at radius 2 is 1.86 bits per heavy atom. The summed E-state index contributed by atoms with van der Waals surface area (Å²) in [5.74, 6) is 0.310. The molecule has 0 radical (unpaired) electrons. The molecule has 152 valence electrons. The van der Waals surface area contributed by atoms with Crippen LogP contribution in [0, 0.1) is 0 Å². The number of sulfonamides is 1. The first-order valence-corrected chi connectivity index (χ1v) is 11.6. The molecule has 0 saturated carbocycles. The molecule has 1 amide bonds. The van der Waals surface area contributed by atoms with Gasteiger partial charge in [-0.25, -0.2) is 8.42 Å². The van der Waals surface area contributed by atoms with Crippen molar-refractivity contribution in [1.82, 2.24) is 5.32 Å². The SMILES string of the molecule is CC(NC(=O)COc1ccc2ccccc2c1Br)c1cccc(NS(C)(=O)=O)c1. The van der Waals surface area contributed by atoms with Crippen LogP contribution in [0.3, 0.4) is 0 Å². The fourth-order valence-electron chi connectivity index (χ4n) is 2.92. The molecule has 0 heterocycles. The lowest BCUT2D eigenvalue weighted by atomic mass is 10.1. The molecular formula is C21H21BrN2O4S. The Morgan fingerprint density at radius 1 is 1.10 bits per heavy atom. The monoisotopic (exact) mass is 476 g/mol. The molecule has 0 aromatic heterocycles. The second-order valence-corrected chi connectivity index (χ2v) is 9.22. The van der Waals surface area contributed by atoms with Crippen LogP contribution >= 0.6 is 15.9 Å². The zero-order chi connectivity index (χ0) is 21.0. The van der Waals surface area contributed by atoms with Gasteiger partial charge in [-0.3, -0.25) is 9.52 Å². The number of nitrogens with one attached hydrogen (secondary N) is 2. The first-order chi connectivity index (χ1) is 13.7. The Bertz CT molecular complexity index is 1150. The molecule has 3 rings (SSSR count). The van der Waals surface area contributed by atoms with Gasteiger partial charge in [0.1, 0.15) is 5.75 Å². The van der Waals surface area contributed by atoms with E-state index < -0.39 is 10.0 Å². The van der Waals surface area contributed by atoms with Crippen molar-refractivity contribution in [3.63, 3.8) is 0 Å². The average molecular weight is 477 g/mol. The minimum atomic E-state index is -3.36. The molecular weight excluding hydrogens is 456 g/mol. The number of carbonyl (C=O) groups is 1. The van der Waals surface area contributed by atoms with E-state index in [1.165, 1.54) is 0 Å². The molecule has 0 aliphatic carbocycles. The lowest BCUT2D eigenvalue weighted by Gasteiger charge is -2.16. The normalized spacial score (nSPS) is 12.4. The topological polar surface area (TPSA) is 84.5 Å². The highest BCUT2D eigenvalue weighted by Crippen LogP contribution is 2.33. The summed E-state index contributed by atoms with van der Waals surface area (Å²) in [6, 6.07) is 18.2. The number of anilines is 1. The third-order valence-electron chi connectivity index (χ3n) is 4.25. The smallest absolute Gasteiger partial charge is 0.258 e. The summed E-state index contributed by atoms with van der Waals surface area (Å²) < 4.78 is 31.7. The number of benzene rings is 3. The van der Waals surface area contributed by atoms with Gasteiger partial charge in [-0.1, -0.05) is 42.5 Å². The number of fused-ring (bicyclic) bond motifs is 1. The minimum absolute atomic E-state index is 0.136. The number of carbonyl (C=O) groups excluding carboxylic acids is 1. The Hall–Kier alpha value is -2.58. The molecule has 6 nitrogen and oxygen atoms in total. The van der Waals surface area contributed by atoms with Crippen molar-refractivity contribution in [2.24, 2.45) is 0 Å². The highest BCUT2D eigenvalue weighted by atomic mass is 79.9. The molecule has 3 aromatic rings. The van der Waals surface area contributed by atoms with Gasteiger partial charge in [-0.15, -0.1) is 0 Å². The van der Waals surface area contributed by atoms with Crippen molar-refractivity contribution >= 4 is 48.3 Å². The van der Waals surface area contributed by atoms with E-state index in [9.17, 15) is 13.2 Å². The van der Waals surface area contributed by atoms with Crippen LogP contribution in [0.4, 0.5) is 5.69 Å². The Kier molecular flexibility index (Phi) is 6.44. The van der Waals surface area contributed by atoms with Gasteiger partial charge in [0.15, 0.2) is 6.61 Å². The quantitative estimate of drug-likeness (QED) is 0.534. The van der Waals surface area contributed by atoms with Crippen LogP contribution in [0.5, 0.6) is 5.75 Å². The summed E-state index contributed by atoms with van der Waals surface area (Å²) in [4.78, 5) is 12.3. The molecule has 0 fully saturated rings. The molecule has 0 aliphatic heterocycles. The van der Waals surface area contributed by atoms with E-state index in [4.69, 9.17) is 4.74 Å². The molecule has 29 heavy (non-hydrogen) atoms. The average Bonchev–Trinajstić information content (AvgIpc) is 2.66. The van der Waals surface area contributed by atoms with Crippen LogP contribution in [-0.4, -0.2) is 27.2 Å². The third-order valence-corrected chi connectivity index (χ3v) is 5.68. The number of halogens is 1. The van der Waals surface area contributed by atoms with Gasteiger partial charge in [0, 0.05) is 5.69 Å². The van der Waals surface area contributed by atoms with E-state index in [0.717, 1.165) is 27.1 Å². The molecule has 0 saturated heterocycles. The molecule has 1 atom stereocenters. The first-order valence-electron chi connectivity index (χ1n) is 8.90. The van der Waals surface area contributed by atoms with Crippen LogP contribution in [0.25, 0.3) is 10.8 Å². The van der Waals surface area contributed by atoms with E-state index in [1.54, 1.807) is 18.2 Å². The van der Waals surface area contributed by atoms with Gasteiger partial charge < -0.3 is 10.1 Å². The van der Waals surface area contributed by atoms with Crippen LogP contribution in [0.2, 0.25) is 0 Å². The van der Waals surface area contributed by atoms with Crippen molar-refractivity contribution in [3.05, 3.63) is 70.7 Å². The molecule has 1 unspecified atom stereocenters. The molecule has 0 bridgehead atoms. The molecule has 8 heteroatoms. The van der Waals surface area contributed by atoms with Gasteiger partial charge >= 0.3 is 0 Å². The molecule has 0 aliphatic rings. The van der Waals surface area contributed by atoms with E-state index in [2.05, 4.69) is 26.0 Å². The van der Waals surface area contributed by atoms with E-state index in [0.29, 0.717) is 11.4 Å². The standard InChI is InChI=1S/C21H21BrN2O4S/c1-14(16-7-5-8-17(12-16)24-29(2,26)27)23-20(25)13-28-19-11-10-15-6-3-4-9-18(15)21(19)22/h3-12,14,24H,13H2,1-2H3,(H,23,25). The Labute approximate surface area is 178 Å². The molecule has 3 aromatic carbocycles. The maximum atomic E-state index is 12.3. The van der Waals surface area contributed by atoms with Crippen molar-refractivity contribution in [1.29, 1.82) is 0 Å². The number of rotatable bonds is 7. The Morgan fingerprint density at radius 3 is 2.62 bits per heavy atom. The third kappa shape index (κ3) is 5.71. The summed E-state index contributed by atoms with van der Waals surface area (Å²) in [5.41, 5.74) is 1.22. The summed E-state index contributed by atoms with van der Waals surface area (Å²) in [6.07, 6.45) is 1.09. The second kappa shape index (κ2) is 8.84. The van der Waals surface area contributed by atoms with E-state index >= 15 is 0 Å². The summed E-state index contributed by atoms with van der Waals surface area (Å²) in [6.45, 7) is 1.69. The molecule has 2 N–H and O–H groups in total. The maximum Gasteiger partial charge on any atom is 0.258 e. The maximum absolute atomic E-state index is 12.3. The van der Waals surface area contributed by atoms with Gasteiger partial charge in [0.05, 0.1) is 16.8 Å². The predicted octanol–water partition coefficient (Wildman–Crippen LogP) is 4.23. The van der Waals surface area contributed by atoms with Crippen molar-refractivity contribution in [3.8, 4) is 5.75 Å². The number of ether oxygens (including phenoxy) is 1. The van der Waals surface area contributed by atoms with E-state index in [1.807, 2.05) is 49.4 Å². The Balaban J connectivity index is 1.62. The zero-order valence-electron chi connectivity index (χ0n) is 16.0. The van der Waals surface area contributed by atoms with Crippen LogP contribution in [0.1, 0.15) is 18.5 Å². The number of hydrogen-bond donors (Lipinski definition) is 2. The highest BCUT2D eigenvalue weighted by Gasteiger charge is 2.13. The lowest BCUT2D eigenvalue weighted by Crippen LogP contribution is -2.31. The van der Waals surface area contributed by atoms with Gasteiger partial charge in [0.2, 0.25) is 10.0 Å². The lowest BCUT2D eigenvalue weighted by molar-refractivity contribution is -0.123. The number of amides is 1. The summed E-state index contributed by atoms with van der Waals surface area (Å²) in [7, 11) is -3.36. The van der Waals surface area contributed by atoms with Gasteiger partial charge in [0.25, 0.3) is 5.91 Å². The highest BCUT2D eigenvalue weighted by molar-refractivity contribution is 9.10. The summed E-state index contributed by atoms with van der Waals surface area (Å²) >= 11 is 3.54. The first kappa shape index (κ1) is 21.1. The van der Waals surface area contributed by atoms with Crippen molar-refractivity contribution in [2.75, 3.05) is 17.6 Å². The predicted molar refractivity (Wildman–Crippen MR) is 119 cm³/mol. The largest absolute Gasteiger partial charge is 0.483 e. The fourth-order valence-corrected chi connectivity index (χ4v) is 4.08. The summed E-state index contributed by atoms with van der Waals surface area (Å²) in [5, 5.41) is 4.94. The minimum Gasteiger partial charge on any atom is -0.483 e. The van der Waals surface area contributed by atoms with Crippen LogP contribution < -0.4 is 14.8 Å². The zero-order valence-corrected chi connectivity index (χ0v) is 18.4. The van der Waals surface area contributed by atoms with Crippen molar-refractivity contribution < 1.29 is 17.9 Å². The number of hydrogen-bond acceptors (Lipinski definition) is 4. The van der Waals surface area contributed by atoms with Crippen molar-refractivity contribution in [2.45, 2.75) is 13.0 Å². The fraction of sp³-hybridized carbons (Fsp3) is 0.190. The second-order valence-electron chi connectivity index (χ2n) is 6.68.